The molecule has 4 heteroatoms. The van der Waals surface area contributed by atoms with Crippen LogP contribution in [0.3, 0.4) is 0 Å². The molecule has 1 aliphatic rings. The summed E-state index contributed by atoms with van der Waals surface area (Å²) in [5, 5.41) is -0.130. The van der Waals surface area contributed by atoms with Crippen LogP contribution in [0.1, 0.15) is 34.1 Å². The van der Waals surface area contributed by atoms with Crippen LogP contribution in [0, 0.1) is 5.41 Å². The van der Waals surface area contributed by atoms with Crippen molar-refractivity contribution >= 4 is 36.0 Å². The number of Topliss-reactive ketones (excluding diaryl/α,β-unsaturated/α-hetero) is 2. The van der Waals surface area contributed by atoms with E-state index in [0.29, 0.717) is 16.9 Å². The predicted molar refractivity (Wildman–Crippen MR) is 79.0 cm³/mol. The van der Waals surface area contributed by atoms with Crippen LogP contribution in [0.25, 0.3) is 0 Å². The Morgan fingerprint density at radius 2 is 1.94 bits per heavy atom. The molecule has 0 N–H and O–H groups in total. The Balaban J connectivity index is 2.56. The van der Waals surface area contributed by atoms with Crippen molar-refractivity contribution in [2.75, 3.05) is 12.0 Å². The minimum Gasteiger partial charge on any atom is -0.294 e. The number of carbonyl (C=O) groups is 2. The summed E-state index contributed by atoms with van der Waals surface area (Å²) >= 11 is 6.06. The number of hydrogen-bond acceptors (Lipinski definition) is 4. The van der Waals surface area contributed by atoms with Crippen LogP contribution >= 0.6 is 24.4 Å². The van der Waals surface area contributed by atoms with E-state index in [9.17, 15) is 9.59 Å². The van der Waals surface area contributed by atoms with E-state index in [-0.39, 0.29) is 23.2 Å². The molecule has 0 aromatic heterocycles. The van der Waals surface area contributed by atoms with E-state index in [0.717, 1.165) is 0 Å². The molecule has 0 saturated carbocycles. The topological polar surface area (TPSA) is 34.1 Å². The highest BCUT2D eigenvalue weighted by molar-refractivity contribution is 7.98. The van der Waals surface area contributed by atoms with Gasteiger partial charge in [-0.2, -0.15) is 24.4 Å². The maximum Gasteiger partial charge on any atom is 0.172 e. The molecule has 0 spiro atoms. The van der Waals surface area contributed by atoms with E-state index in [4.69, 9.17) is 0 Å². The highest BCUT2D eigenvalue weighted by Crippen LogP contribution is 2.42. The molecule has 0 radical (unpaired) electrons. The molecule has 1 aliphatic carbocycles. The number of ketones is 2. The Morgan fingerprint density at radius 3 is 2.50 bits per heavy atom. The van der Waals surface area contributed by atoms with Crippen molar-refractivity contribution in [2.24, 2.45) is 5.41 Å². The maximum absolute atomic E-state index is 12.7. The summed E-state index contributed by atoms with van der Waals surface area (Å²) in [5.41, 5.74) is 0.463. The summed E-state index contributed by atoms with van der Waals surface area (Å²) in [6, 6.07) is 7.10. The van der Waals surface area contributed by atoms with Gasteiger partial charge in [0.15, 0.2) is 11.6 Å². The molecule has 2 atom stereocenters. The zero-order chi connectivity index (χ0) is 13.3. The monoisotopic (exact) mass is 280 g/mol. The highest BCUT2D eigenvalue weighted by Gasteiger charge is 2.48. The second kappa shape index (κ2) is 5.10. The summed E-state index contributed by atoms with van der Waals surface area (Å²) in [7, 11) is 0. The number of rotatable bonds is 3. The molecule has 0 aliphatic heterocycles. The smallest absolute Gasteiger partial charge is 0.172 e. The van der Waals surface area contributed by atoms with Crippen molar-refractivity contribution < 1.29 is 9.59 Å². The molecule has 2 rings (SSSR count). The molecule has 0 heterocycles. The lowest BCUT2D eigenvalue weighted by Crippen LogP contribution is -2.46. The van der Waals surface area contributed by atoms with E-state index < -0.39 is 5.41 Å². The Kier molecular flexibility index (Phi) is 3.87. The molecule has 0 fully saturated rings. The first-order valence-electron chi connectivity index (χ1n) is 5.87. The summed E-state index contributed by atoms with van der Waals surface area (Å²) in [6.45, 7) is 1.90. The fraction of sp³-hybridized carbons (Fsp3) is 0.429. The number of carbonyl (C=O) groups excluding carboxylic acids is 2. The van der Waals surface area contributed by atoms with Crippen molar-refractivity contribution in [3.63, 3.8) is 0 Å². The predicted octanol–water partition coefficient (Wildman–Crippen LogP) is 3.12. The van der Waals surface area contributed by atoms with Gasteiger partial charge < -0.3 is 0 Å². The van der Waals surface area contributed by atoms with E-state index in [2.05, 4.69) is 12.6 Å². The van der Waals surface area contributed by atoms with Crippen molar-refractivity contribution in [3.8, 4) is 0 Å². The number of fused-ring (bicyclic) bond motifs is 1. The zero-order valence-corrected chi connectivity index (χ0v) is 12.2. The molecular weight excluding hydrogens is 264 g/mol. The molecule has 18 heavy (non-hydrogen) atoms. The lowest BCUT2D eigenvalue weighted by atomic mass is 9.69. The summed E-state index contributed by atoms with van der Waals surface area (Å²) in [5.74, 6) is 0.756. The summed E-state index contributed by atoms with van der Waals surface area (Å²) in [4.78, 5) is 24.9. The molecule has 2 unspecified atom stereocenters. The van der Waals surface area contributed by atoms with Crippen LogP contribution in [0.5, 0.6) is 0 Å². The summed E-state index contributed by atoms with van der Waals surface area (Å²) < 4.78 is 0. The van der Waals surface area contributed by atoms with Gasteiger partial charge in [-0.15, -0.1) is 0 Å². The Hall–Kier alpha value is -0.740. The largest absolute Gasteiger partial charge is 0.294 e. The normalized spacial score (nSPS) is 24.8. The Labute approximate surface area is 117 Å². The van der Waals surface area contributed by atoms with Gasteiger partial charge in [0.05, 0.1) is 5.41 Å². The van der Waals surface area contributed by atoms with Gasteiger partial charge in [0.25, 0.3) is 0 Å². The van der Waals surface area contributed by atoms with Crippen molar-refractivity contribution in [1.29, 1.82) is 0 Å². The third-order valence-corrected chi connectivity index (χ3v) is 4.90. The van der Waals surface area contributed by atoms with E-state index in [1.807, 2.05) is 19.2 Å². The zero-order valence-electron chi connectivity index (χ0n) is 10.5. The lowest BCUT2D eigenvalue weighted by Gasteiger charge is -2.38. The van der Waals surface area contributed by atoms with E-state index in [1.54, 1.807) is 30.0 Å². The van der Waals surface area contributed by atoms with E-state index in [1.165, 1.54) is 0 Å². The number of thioether (sulfide) groups is 1. The number of hydrogen-bond donors (Lipinski definition) is 1. The average Bonchev–Trinajstić information content (AvgIpc) is 2.35. The number of benzene rings is 1. The van der Waals surface area contributed by atoms with Crippen LogP contribution in [-0.4, -0.2) is 28.8 Å². The maximum atomic E-state index is 12.7. The quantitative estimate of drug-likeness (QED) is 0.864. The van der Waals surface area contributed by atoms with Crippen LogP contribution in [0.4, 0.5) is 0 Å². The molecule has 0 bridgehead atoms. The number of thiol groups is 1. The van der Waals surface area contributed by atoms with Crippen LogP contribution in [0.2, 0.25) is 0 Å². The average molecular weight is 280 g/mol. The second-order valence-electron chi connectivity index (χ2n) is 4.74. The summed E-state index contributed by atoms with van der Waals surface area (Å²) in [6.07, 6.45) is 2.23. The molecule has 1 aromatic carbocycles. The fourth-order valence-electron chi connectivity index (χ4n) is 2.49. The van der Waals surface area contributed by atoms with Gasteiger partial charge in [-0.3, -0.25) is 9.59 Å². The molecular formula is C14H16O2S2. The third-order valence-electron chi connectivity index (χ3n) is 3.60. The van der Waals surface area contributed by atoms with Crippen LogP contribution in [-0.2, 0) is 0 Å². The van der Waals surface area contributed by atoms with Crippen molar-refractivity contribution in [2.45, 2.75) is 18.6 Å². The van der Waals surface area contributed by atoms with Crippen molar-refractivity contribution in [3.05, 3.63) is 35.4 Å². The second-order valence-corrected chi connectivity index (χ2v) is 6.38. The van der Waals surface area contributed by atoms with Crippen LogP contribution in [0.15, 0.2) is 24.3 Å². The molecule has 0 amide bonds. The first-order valence-corrected chi connectivity index (χ1v) is 7.78. The van der Waals surface area contributed by atoms with Gasteiger partial charge in [-0.1, -0.05) is 31.2 Å². The first-order chi connectivity index (χ1) is 8.53. The van der Waals surface area contributed by atoms with Gasteiger partial charge in [0.1, 0.15) is 0 Å². The van der Waals surface area contributed by atoms with Gasteiger partial charge >= 0.3 is 0 Å². The van der Waals surface area contributed by atoms with Gasteiger partial charge in [-0.05, 0) is 6.26 Å². The highest BCUT2D eigenvalue weighted by atomic mass is 32.2. The Morgan fingerprint density at radius 1 is 1.33 bits per heavy atom. The lowest BCUT2D eigenvalue weighted by molar-refractivity contribution is 0.0723. The van der Waals surface area contributed by atoms with Gasteiger partial charge in [0.2, 0.25) is 0 Å². The third kappa shape index (κ3) is 2.01. The Bertz CT molecular complexity index is 496. The molecule has 0 saturated heterocycles. The molecule has 96 valence electrons. The fourth-order valence-corrected chi connectivity index (χ4v) is 3.91. The first kappa shape index (κ1) is 13.7. The minimum absolute atomic E-state index is 0.0557. The standard InChI is InChI=1S/C14H16O2S2/c1-9(17)14(8-18-2)7-12(15)10-5-3-4-6-11(10)13(14)16/h3-6,9,17H,7-8H2,1-2H3. The molecule has 1 aromatic rings. The van der Waals surface area contributed by atoms with Crippen molar-refractivity contribution in [1.82, 2.24) is 0 Å². The van der Waals surface area contributed by atoms with Crippen LogP contribution < -0.4 is 0 Å². The molecule has 2 nitrogen and oxygen atoms in total. The van der Waals surface area contributed by atoms with Gasteiger partial charge in [-0.25, -0.2) is 0 Å². The van der Waals surface area contributed by atoms with Gasteiger partial charge in [0, 0.05) is 28.6 Å². The SMILES string of the molecule is CSCC1(C(C)S)CC(=O)c2ccccc2C1=O. The minimum atomic E-state index is -0.659. The van der Waals surface area contributed by atoms with E-state index >= 15 is 0 Å².